The van der Waals surface area contributed by atoms with Gasteiger partial charge in [0.1, 0.15) is 17.7 Å². The summed E-state index contributed by atoms with van der Waals surface area (Å²) < 4.78 is 6.80. The number of aromatic nitrogens is 3. The summed E-state index contributed by atoms with van der Waals surface area (Å²) in [6, 6.07) is 3.52. The number of aromatic carboxylic acids is 1. The lowest BCUT2D eigenvalue weighted by Gasteiger charge is -2.00. The SMILES string of the molecule is O=C(O)c1cn(-c2nccc3occc23)cn1. The average molecular weight is 229 g/mol. The van der Waals surface area contributed by atoms with Gasteiger partial charge in [0.05, 0.1) is 11.6 Å². The van der Waals surface area contributed by atoms with E-state index < -0.39 is 5.97 Å². The predicted octanol–water partition coefficient (Wildman–Crippen LogP) is 1.71. The molecule has 3 rings (SSSR count). The number of hydrogen-bond donors (Lipinski definition) is 1. The molecule has 17 heavy (non-hydrogen) atoms. The van der Waals surface area contributed by atoms with Gasteiger partial charge >= 0.3 is 5.97 Å². The second kappa shape index (κ2) is 3.44. The Morgan fingerprint density at radius 1 is 1.35 bits per heavy atom. The fraction of sp³-hybridized carbons (Fsp3) is 0. The molecule has 3 aromatic rings. The van der Waals surface area contributed by atoms with Crippen LogP contribution in [0.25, 0.3) is 16.8 Å². The minimum atomic E-state index is -1.07. The molecule has 6 heteroatoms. The van der Waals surface area contributed by atoms with Crippen molar-refractivity contribution in [2.45, 2.75) is 0 Å². The number of furan rings is 1. The highest BCUT2D eigenvalue weighted by Gasteiger charge is 2.11. The van der Waals surface area contributed by atoms with E-state index in [0.717, 1.165) is 5.39 Å². The Kier molecular flexibility index (Phi) is 1.94. The highest BCUT2D eigenvalue weighted by molar-refractivity contribution is 5.86. The molecule has 3 heterocycles. The van der Waals surface area contributed by atoms with Gasteiger partial charge in [-0.05, 0) is 12.1 Å². The number of nitrogens with zero attached hydrogens (tertiary/aromatic N) is 3. The van der Waals surface area contributed by atoms with E-state index in [-0.39, 0.29) is 5.69 Å². The van der Waals surface area contributed by atoms with Crippen molar-refractivity contribution in [1.29, 1.82) is 0 Å². The van der Waals surface area contributed by atoms with Gasteiger partial charge in [0, 0.05) is 12.4 Å². The number of carboxylic acid groups (broad SMARTS) is 1. The van der Waals surface area contributed by atoms with E-state index >= 15 is 0 Å². The van der Waals surface area contributed by atoms with Crippen molar-refractivity contribution >= 4 is 16.9 Å². The summed E-state index contributed by atoms with van der Waals surface area (Å²) in [5, 5.41) is 9.61. The number of carboxylic acids is 1. The van der Waals surface area contributed by atoms with Crippen LogP contribution in [0.15, 0.2) is 41.5 Å². The Bertz CT molecular complexity index is 699. The van der Waals surface area contributed by atoms with E-state index in [4.69, 9.17) is 9.52 Å². The highest BCUT2D eigenvalue weighted by atomic mass is 16.4. The molecular formula is C11H7N3O3. The summed E-state index contributed by atoms with van der Waals surface area (Å²) in [5.41, 5.74) is 0.674. The minimum Gasteiger partial charge on any atom is -0.476 e. The van der Waals surface area contributed by atoms with Crippen LogP contribution in [0.3, 0.4) is 0 Å². The Labute approximate surface area is 95.1 Å². The molecule has 0 amide bonds. The first-order chi connectivity index (χ1) is 8.25. The number of carbonyl (C=O) groups is 1. The molecule has 0 unspecified atom stereocenters. The molecular weight excluding hydrogens is 222 g/mol. The molecule has 0 aromatic carbocycles. The maximum Gasteiger partial charge on any atom is 0.356 e. The zero-order valence-corrected chi connectivity index (χ0v) is 8.57. The van der Waals surface area contributed by atoms with E-state index in [1.807, 2.05) is 0 Å². The maximum atomic E-state index is 10.7. The van der Waals surface area contributed by atoms with Crippen molar-refractivity contribution in [2.75, 3.05) is 0 Å². The van der Waals surface area contributed by atoms with Crippen molar-refractivity contribution in [2.24, 2.45) is 0 Å². The van der Waals surface area contributed by atoms with E-state index in [1.54, 1.807) is 29.2 Å². The lowest BCUT2D eigenvalue weighted by Crippen LogP contribution is -1.97. The first-order valence-electron chi connectivity index (χ1n) is 4.85. The van der Waals surface area contributed by atoms with Crippen molar-refractivity contribution in [3.8, 4) is 5.82 Å². The third-order valence-corrected chi connectivity index (χ3v) is 2.41. The quantitative estimate of drug-likeness (QED) is 0.723. The molecule has 1 N–H and O–H groups in total. The minimum absolute atomic E-state index is 0.0210. The maximum absolute atomic E-state index is 10.7. The van der Waals surface area contributed by atoms with Crippen molar-refractivity contribution in [3.63, 3.8) is 0 Å². The van der Waals surface area contributed by atoms with Gasteiger partial charge in [-0.25, -0.2) is 14.8 Å². The van der Waals surface area contributed by atoms with Crippen LogP contribution in [-0.4, -0.2) is 25.6 Å². The molecule has 0 bridgehead atoms. The molecule has 6 nitrogen and oxygen atoms in total. The van der Waals surface area contributed by atoms with Crippen LogP contribution in [0.1, 0.15) is 10.5 Å². The Hall–Kier alpha value is -2.63. The zero-order valence-electron chi connectivity index (χ0n) is 8.57. The number of hydrogen-bond acceptors (Lipinski definition) is 4. The summed E-state index contributed by atoms with van der Waals surface area (Å²) in [6.07, 6.45) is 5.99. The predicted molar refractivity (Wildman–Crippen MR) is 58.1 cm³/mol. The lowest BCUT2D eigenvalue weighted by molar-refractivity contribution is 0.0691. The molecule has 3 aromatic heterocycles. The number of imidazole rings is 1. The van der Waals surface area contributed by atoms with Gasteiger partial charge in [-0.1, -0.05) is 0 Å². The third kappa shape index (κ3) is 1.46. The first kappa shape index (κ1) is 9.59. The topological polar surface area (TPSA) is 81.1 Å². The average Bonchev–Trinajstić information content (AvgIpc) is 2.97. The third-order valence-electron chi connectivity index (χ3n) is 2.41. The number of fused-ring (bicyclic) bond motifs is 1. The summed E-state index contributed by atoms with van der Waals surface area (Å²) in [6.45, 7) is 0. The second-order valence-electron chi connectivity index (χ2n) is 3.44. The fourth-order valence-electron chi connectivity index (χ4n) is 1.63. The van der Waals surface area contributed by atoms with Crippen molar-refractivity contribution < 1.29 is 14.3 Å². The largest absolute Gasteiger partial charge is 0.476 e. The molecule has 0 radical (unpaired) electrons. The van der Waals surface area contributed by atoms with Crippen LogP contribution < -0.4 is 0 Å². The molecule has 0 saturated carbocycles. The van der Waals surface area contributed by atoms with Crippen molar-refractivity contribution in [1.82, 2.24) is 14.5 Å². The smallest absolute Gasteiger partial charge is 0.356 e. The van der Waals surface area contributed by atoms with Gasteiger partial charge in [0.15, 0.2) is 5.69 Å². The zero-order chi connectivity index (χ0) is 11.8. The van der Waals surface area contributed by atoms with Crippen LogP contribution in [0.5, 0.6) is 0 Å². The van der Waals surface area contributed by atoms with Crippen LogP contribution in [-0.2, 0) is 0 Å². The molecule has 0 aliphatic rings. The van der Waals surface area contributed by atoms with Crippen LogP contribution >= 0.6 is 0 Å². The van der Waals surface area contributed by atoms with E-state index in [0.29, 0.717) is 11.4 Å². The van der Waals surface area contributed by atoms with E-state index in [2.05, 4.69) is 9.97 Å². The number of rotatable bonds is 2. The van der Waals surface area contributed by atoms with Crippen LogP contribution in [0, 0.1) is 0 Å². The second-order valence-corrected chi connectivity index (χ2v) is 3.44. The molecule has 0 aliphatic carbocycles. The van der Waals surface area contributed by atoms with Crippen LogP contribution in [0.4, 0.5) is 0 Å². The molecule has 0 aliphatic heterocycles. The molecule has 0 spiro atoms. The van der Waals surface area contributed by atoms with Gasteiger partial charge < -0.3 is 9.52 Å². The monoisotopic (exact) mass is 229 g/mol. The number of pyridine rings is 1. The molecule has 84 valence electrons. The first-order valence-corrected chi connectivity index (χ1v) is 4.85. The van der Waals surface area contributed by atoms with Gasteiger partial charge in [0.25, 0.3) is 0 Å². The van der Waals surface area contributed by atoms with Gasteiger partial charge in [-0.15, -0.1) is 0 Å². The summed E-state index contributed by atoms with van der Waals surface area (Å²) >= 11 is 0. The fourth-order valence-corrected chi connectivity index (χ4v) is 1.63. The Balaban J connectivity index is 2.19. The molecule has 0 saturated heterocycles. The molecule has 0 atom stereocenters. The lowest BCUT2D eigenvalue weighted by atomic mass is 10.3. The van der Waals surface area contributed by atoms with Gasteiger partial charge in [-0.2, -0.15) is 0 Å². The summed E-state index contributed by atoms with van der Waals surface area (Å²) in [5.74, 6) is -0.473. The molecule has 0 fully saturated rings. The van der Waals surface area contributed by atoms with Crippen LogP contribution in [0.2, 0.25) is 0 Å². The standard InChI is InChI=1S/C11H7N3O3/c15-11(16)8-5-14(6-13-8)10-7-2-4-17-9(7)1-3-12-10/h1-6H,(H,15,16). The van der Waals surface area contributed by atoms with E-state index in [1.165, 1.54) is 12.5 Å². The summed E-state index contributed by atoms with van der Waals surface area (Å²) in [7, 11) is 0. The highest BCUT2D eigenvalue weighted by Crippen LogP contribution is 2.20. The van der Waals surface area contributed by atoms with Crippen molar-refractivity contribution in [3.05, 3.63) is 42.8 Å². The van der Waals surface area contributed by atoms with Gasteiger partial charge in [0.2, 0.25) is 0 Å². The Morgan fingerprint density at radius 2 is 2.24 bits per heavy atom. The van der Waals surface area contributed by atoms with E-state index in [9.17, 15) is 4.79 Å². The normalized spacial score (nSPS) is 10.8. The Morgan fingerprint density at radius 3 is 3.00 bits per heavy atom. The van der Waals surface area contributed by atoms with Gasteiger partial charge in [-0.3, -0.25) is 4.57 Å². The summed E-state index contributed by atoms with van der Waals surface area (Å²) in [4.78, 5) is 18.7.